The summed E-state index contributed by atoms with van der Waals surface area (Å²) in [7, 11) is 4.58. The standard InChI is InChI=1S/C35H60N8O3/c1-6-13-42(5)18-37-33(36)30-34(42)43(19-40(30)20-43)35-32(45)31(44)28(46-35)17-41(21(2)3)25-14-22(15-25)7-12-29-38-26-11-10-24(23-8-9-23)16-27(26)39(29)4/h10-11,16,21-23,25,27-35,37,44-45H,6-9,12-15,17-20,36H2,1-5H3/q+2/t22?,25?,27?,28-,29?,30?,31-,32-,33?,34?,35-,42?/m1/s1. The number of aliphatic imine (C=N–C) groups is 1. The third kappa shape index (κ3) is 5.03. The summed E-state index contributed by atoms with van der Waals surface area (Å²) in [5, 5.41) is 26.5. The molecule has 6 aliphatic heterocycles. The van der Waals surface area contributed by atoms with Crippen LogP contribution in [0.25, 0.3) is 0 Å². The second-order valence-corrected chi connectivity index (χ2v) is 16.8. The molecule has 46 heavy (non-hydrogen) atoms. The quantitative estimate of drug-likeness (QED) is 0.249. The van der Waals surface area contributed by atoms with Crippen LogP contribution in [-0.2, 0) is 4.74 Å². The van der Waals surface area contributed by atoms with Gasteiger partial charge in [-0.15, -0.1) is 0 Å². The molecule has 0 spiro atoms. The molecule has 6 heterocycles. The third-order valence-corrected chi connectivity index (χ3v) is 13.3. The van der Waals surface area contributed by atoms with E-state index in [9.17, 15) is 10.2 Å². The largest absolute Gasteiger partial charge is 0.387 e. The Bertz CT molecular complexity index is 1260. The lowest BCUT2D eigenvalue weighted by molar-refractivity contribution is -1.15. The SMILES string of the molecule is CCC[N+]1(C)CNC(N)C2C1[N+]1([C@@H]3O[C@H](CN(C(C)C)C4CC(CCC5N=C6C=CC(C7CC7)=CC6N5C)C4)[C@@H](O)[C@H]3O)CN2C1. The first kappa shape index (κ1) is 32.0. The van der Waals surface area contributed by atoms with E-state index < -0.39 is 24.5 Å². The van der Waals surface area contributed by atoms with E-state index in [0.29, 0.717) is 35.1 Å². The number of fused-ring (bicyclic) bond motifs is 1. The van der Waals surface area contributed by atoms with Gasteiger partial charge in [-0.2, -0.15) is 4.90 Å². The van der Waals surface area contributed by atoms with Crippen molar-refractivity contribution in [2.75, 3.05) is 47.2 Å². The Morgan fingerprint density at radius 1 is 1.15 bits per heavy atom. The molecule has 0 amide bonds. The number of hydrogen-bond donors (Lipinski definition) is 4. The first-order chi connectivity index (χ1) is 22.0. The number of nitrogens with one attached hydrogen (secondary N) is 1. The van der Waals surface area contributed by atoms with Gasteiger partial charge in [0.2, 0.25) is 12.4 Å². The zero-order valence-corrected chi connectivity index (χ0v) is 28.8. The van der Waals surface area contributed by atoms with E-state index in [-0.39, 0.29) is 24.5 Å². The van der Waals surface area contributed by atoms with Crippen LogP contribution in [-0.4, -0.2) is 154 Å². The van der Waals surface area contributed by atoms with Gasteiger partial charge in [-0.1, -0.05) is 19.1 Å². The molecule has 3 aliphatic carbocycles. The predicted molar refractivity (Wildman–Crippen MR) is 178 cm³/mol. The van der Waals surface area contributed by atoms with Gasteiger partial charge in [-0.25, -0.2) is 4.48 Å². The molecule has 10 atom stereocenters. The molecule has 256 valence electrons. The molecule has 9 rings (SSSR count). The van der Waals surface area contributed by atoms with Crippen molar-refractivity contribution in [3.05, 3.63) is 23.8 Å². The highest BCUT2D eigenvalue weighted by atomic mass is 16.6. The Morgan fingerprint density at radius 2 is 1.91 bits per heavy atom. The average Bonchev–Trinajstić information content (AvgIpc) is 3.50. The van der Waals surface area contributed by atoms with Gasteiger partial charge < -0.3 is 20.7 Å². The minimum atomic E-state index is -0.894. The van der Waals surface area contributed by atoms with Crippen molar-refractivity contribution in [1.82, 2.24) is 20.0 Å². The number of hydrogen-bond acceptors (Lipinski definition) is 9. The lowest BCUT2D eigenvalue weighted by Gasteiger charge is -2.53. The number of nitrogens with two attached hydrogens (primary N) is 1. The average molecular weight is 641 g/mol. The van der Waals surface area contributed by atoms with E-state index in [0.717, 1.165) is 49.8 Å². The second-order valence-electron chi connectivity index (χ2n) is 16.8. The van der Waals surface area contributed by atoms with Gasteiger partial charge in [0.05, 0.1) is 31.5 Å². The maximum Gasteiger partial charge on any atom is 0.240 e. The molecule has 5 N–H and O–H groups in total. The van der Waals surface area contributed by atoms with E-state index in [2.05, 4.69) is 73.1 Å². The molecule has 0 radical (unpaired) electrons. The van der Waals surface area contributed by atoms with Crippen molar-refractivity contribution in [2.45, 2.75) is 133 Å². The van der Waals surface area contributed by atoms with Gasteiger partial charge in [0.1, 0.15) is 38.4 Å². The van der Waals surface area contributed by atoms with Crippen molar-refractivity contribution in [2.24, 2.45) is 22.6 Å². The van der Waals surface area contributed by atoms with Gasteiger partial charge in [-0.05, 0) is 89.3 Å². The van der Waals surface area contributed by atoms with E-state index in [1.807, 2.05) is 0 Å². The van der Waals surface area contributed by atoms with Gasteiger partial charge >= 0.3 is 0 Å². The van der Waals surface area contributed by atoms with Crippen LogP contribution in [0.2, 0.25) is 0 Å². The maximum atomic E-state index is 11.6. The topological polar surface area (TPSA) is 110 Å². The Balaban J connectivity index is 0.877. The Hall–Kier alpha value is -1.25. The number of allylic oxidation sites excluding steroid dienone is 2. The van der Waals surface area contributed by atoms with Crippen LogP contribution in [0.1, 0.15) is 65.7 Å². The molecular formula is C35H60N8O3+2. The van der Waals surface area contributed by atoms with Crippen molar-refractivity contribution in [3.8, 4) is 0 Å². The Labute approximate surface area is 275 Å². The molecule has 0 aromatic rings. The number of ether oxygens (including phenoxy) is 1. The summed E-state index contributed by atoms with van der Waals surface area (Å²) in [6, 6.07) is 1.41. The summed E-state index contributed by atoms with van der Waals surface area (Å²) < 4.78 is 8.36. The second kappa shape index (κ2) is 11.7. The van der Waals surface area contributed by atoms with Crippen LogP contribution in [0.4, 0.5) is 0 Å². The number of likely N-dealkylation sites (N-methyl/N-ethyl adjacent to an activating group) is 2. The molecule has 9 aliphatic rings. The van der Waals surface area contributed by atoms with Gasteiger partial charge in [0, 0.05) is 18.6 Å². The van der Waals surface area contributed by atoms with Crippen molar-refractivity contribution in [1.29, 1.82) is 0 Å². The first-order valence-corrected chi connectivity index (χ1v) is 18.4. The van der Waals surface area contributed by atoms with E-state index in [4.69, 9.17) is 15.5 Å². The van der Waals surface area contributed by atoms with E-state index in [1.165, 1.54) is 43.4 Å². The summed E-state index contributed by atoms with van der Waals surface area (Å²) in [6.07, 6.45) is 13.3. The summed E-state index contributed by atoms with van der Waals surface area (Å²) >= 11 is 0. The smallest absolute Gasteiger partial charge is 0.240 e. The minimum Gasteiger partial charge on any atom is -0.387 e. The molecule has 11 heteroatoms. The molecule has 5 saturated heterocycles. The molecule has 2 bridgehead atoms. The summed E-state index contributed by atoms with van der Waals surface area (Å²) in [5.74, 6) is 1.51. The number of nitrogens with zero attached hydrogens (tertiary/aromatic N) is 6. The minimum absolute atomic E-state index is 0.0858. The van der Waals surface area contributed by atoms with Crippen molar-refractivity contribution in [3.63, 3.8) is 0 Å². The zero-order chi connectivity index (χ0) is 32.1. The molecule has 0 aromatic heterocycles. The summed E-state index contributed by atoms with van der Waals surface area (Å²) in [5.41, 5.74) is 9.39. The molecule has 11 nitrogen and oxygen atoms in total. The predicted octanol–water partition coefficient (Wildman–Crippen LogP) is 1.15. The highest BCUT2D eigenvalue weighted by Crippen LogP contribution is 2.50. The van der Waals surface area contributed by atoms with Crippen molar-refractivity contribution < 1.29 is 23.9 Å². The fourth-order valence-corrected chi connectivity index (χ4v) is 10.7. The number of aliphatic hydroxyl groups excluding tert-OH is 2. The summed E-state index contributed by atoms with van der Waals surface area (Å²) in [4.78, 5) is 12.6. The van der Waals surface area contributed by atoms with Crippen LogP contribution in [0.5, 0.6) is 0 Å². The lowest BCUT2D eigenvalue weighted by Crippen LogP contribution is -2.79. The summed E-state index contributed by atoms with van der Waals surface area (Å²) in [6.45, 7) is 11.0. The van der Waals surface area contributed by atoms with Crippen LogP contribution < -0.4 is 11.1 Å². The van der Waals surface area contributed by atoms with Crippen LogP contribution in [0.15, 0.2) is 28.8 Å². The monoisotopic (exact) mass is 640 g/mol. The normalized spacial score (nSPS) is 49.5. The molecular weight excluding hydrogens is 580 g/mol. The number of quaternary nitrogens is 2. The van der Waals surface area contributed by atoms with Crippen molar-refractivity contribution >= 4 is 5.71 Å². The van der Waals surface area contributed by atoms with Gasteiger partial charge in [0.25, 0.3) is 0 Å². The third-order valence-electron chi connectivity index (χ3n) is 13.3. The number of rotatable bonds is 11. The highest BCUT2D eigenvalue weighted by molar-refractivity contribution is 6.03. The fourth-order valence-electron chi connectivity index (χ4n) is 10.7. The van der Waals surface area contributed by atoms with E-state index in [1.54, 1.807) is 0 Å². The Morgan fingerprint density at radius 3 is 2.61 bits per heavy atom. The maximum absolute atomic E-state index is 11.6. The lowest BCUT2D eigenvalue weighted by atomic mass is 9.76. The molecule has 6 unspecified atom stereocenters. The van der Waals surface area contributed by atoms with Gasteiger partial charge in [0.15, 0.2) is 12.1 Å². The molecule has 7 fully saturated rings. The number of aliphatic hydroxyl groups is 2. The van der Waals surface area contributed by atoms with Gasteiger partial charge in [-0.3, -0.25) is 24.6 Å². The molecule has 0 aromatic carbocycles. The van der Waals surface area contributed by atoms with Crippen LogP contribution in [0, 0.1) is 11.8 Å². The highest BCUT2D eigenvalue weighted by Gasteiger charge is 2.77. The fraction of sp³-hybridized carbons (Fsp3) is 0.857. The van der Waals surface area contributed by atoms with Crippen LogP contribution in [0.3, 0.4) is 0 Å². The first-order valence-electron chi connectivity index (χ1n) is 18.4. The van der Waals surface area contributed by atoms with E-state index >= 15 is 0 Å². The van der Waals surface area contributed by atoms with Crippen LogP contribution >= 0.6 is 0 Å². The molecule has 2 saturated carbocycles. The zero-order valence-electron chi connectivity index (χ0n) is 28.8. The Kier molecular flexibility index (Phi) is 8.12.